The molecule has 7 nitrogen and oxygen atoms in total. The molecular weight excluding hydrogens is 236 g/mol. The average molecular weight is 262 g/mol. The maximum atomic E-state index is 5.42. The Balaban J connectivity index is 2.00. The van der Waals surface area contributed by atoms with Crippen molar-refractivity contribution in [3.05, 3.63) is 0 Å². The summed E-state index contributed by atoms with van der Waals surface area (Å²) < 4.78 is 16.2. The molecule has 1 saturated heterocycles. The summed E-state index contributed by atoms with van der Waals surface area (Å²) in [5.41, 5.74) is 6.06. The van der Waals surface area contributed by atoms with Crippen LogP contribution >= 0.6 is 0 Å². The lowest BCUT2D eigenvalue weighted by atomic mass is 10.6. The molecule has 18 heavy (non-hydrogen) atoms. The maximum absolute atomic E-state index is 5.42. The lowest BCUT2D eigenvalue weighted by molar-refractivity contribution is 0.0484. The van der Waals surface area contributed by atoms with Crippen molar-refractivity contribution in [1.29, 1.82) is 0 Å². The summed E-state index contributed by atoms with van der Waals surface area (Å²) in [5.74, 6) is 0. The van der Waals surface area contributed by atoms with E-state index in [-0.39, 0.29) is 0 Å². The van der Waals surface area contributed by atoms with Gasteiger partial charge >= 0.3 is 0 Å². The standard InChI is InChI=1S/C11H26N4O3/c1-2-14-15-11-18-8-5-13-4-7-17-10-9-16-6-3-12-1/h12-15H,1-11H2. The van der Waals surface area contributed by atoms with Gasteiger partial charge in [-0.2, -0.15) is 0 Å². The van der Waals surface area contributed by atoms with Gasteiger partial charge in [0.15, 0.2) is 0 Å². The first-order valence-corrected chi connectivity index (χ1v) is 6.60. The van der Waals surface area contributed by atoms with Crippen LogP contribution in [0.3, 0.4) is 0 Å². The first kappa shape index (κ1) is 15.8. The molecule has 7 heteroatoms. The van der Waals surface area contributed by atoms with Crippen LogP contribution in [0.4, 0.5) is 0 Å². The third kappa shape index (κ3) is 10.8. The van der Waals surface area contributed by atoms with Crippen molar-refractivity contribution in [1.82, 2.24) is 21.5 Å². The molecule has 0 saturated carbocycles. The van der Waals surface area contributed by atoms with Gasteiger partial charge in [-0.3, -0.25) is 5.43 Å². The lowest BCUT2D eigenvalue weighted by Gasteiger charge is -2.11. The first-order chi connectivity index (χ1) is 9.00. The van der Waals surface area contributed by atoms with Gasteiger partial charge in [-0.1, -0.05) is 0 Å². The predicted molar refractivity (Wildman–Crippen MR) is 69.3 cm³/mol. The van der Waals surface area contributed by atoms with Crippen LogP contribution < -0.4 is 21.5 Å². The van der Waals surface area contributed by atoms with Gasteiger partial charge in [-0.25, -0.2) is 5.43 Å². The van der Waals surface area contributed by atoms with Crippen molar-refractivity contribution >= 4 is 0 Å². The number of hydrogen-bond acceptors (Lipinski definition) is 7. The quantitative estimate of drug-likeness (QED) is 0.414. The Labute approximate surface area is 109 Å². The van der Waals surface area contributed by atoms with Gasteiger partial charge < -0.3 is 24.8 Å². The Bertz CT molecular complexity index is 99.3. The SMILES string of the molecule is C1CNNCOCCNCCOCCOCCN1. The van der Waals surface area contributed by atoms with Crippen molar-refractivity contribution in [3.63, 3.8) is 0 Å². The Kier molecular flexibility index (Phi) is 11.5. The second-order valence-electron chi connectivity index (χ2n) is 3.88. The highest BCUT2D eigenvalue weighted by atomic mass is 16.5. The second-order valence-corrected chi connectivity index (χ2v) is 3.88. The molecule has 108 valence electrons. The Morgan fingerprint density at radius 3 is 1.83 bits per heavy atom. The van der Waals surface area contributed by atoms with Gasteiger partial charge in [0.25, 0.3) is 0 Å². The fourth-order valence-corrected chi connectivity index (χ4v) is 1.42. The fraction of sp³-hybridized carbons (Fsp3) is 1.00. The van der Waals surface area contributed by atoms with Gasteiger partial charge in [0, 0.05) is 32.7 Å². The van der Waals surface area contributed by atoms with Crippen LogP contribution in [0.25, 0.3) is 0 Å². The zero-order valence-corrected chi connectivity index (χ0v) is 11.0. The third-order valence-corrected chi connectivity index (χ3v) is 2.37. The van der Waals surface area contributed by atoms with Crippen LogP contribution in [-0.2, 0) is 14.2 Å². The largest absolute Gasteiger partial charge is 0.378 e. The molecule has 0 unspecified atom stereocenters. The molecule has 1 aliphatic rings. The number of rotatable bonds is 0. The van der Waals surface area contributed by atoms with Crippen molar-refractivity contribution in [2.45, 2.75) is 0 Å². The van der Waals surface area contributed by atoms with Crippen LogP contribution in [-0.4, -0.2) is 72.5 Å². The molecule has 0 aromatic heterocycles. The summed E-state index contributed by atoms with van der Waals surface area (Å²) in [6.45, 7) is 8.24. The summed E-state index contributed by atoms with van der Waals surface area (Å²) in [6, 6.07) is 0. The maximum Gasteiger partial charge on any atom is 0.109 e. The molecule has 0 aromatic carbocycles. The minimum Gasteiger partial charge on any atom is -0.378 e. The molecule has 0 bridgehead atoms. The Morgan fingerprint density at radius 1 is 0.500 bits per heavy atom. The highest BCUT2D eigenvalue weighted by Crippen LogP contribution is 1.78. The molecule has 0 atom stereocenters. The van der Waals surface area contributed by atoms with Gasteiger partial charge in [0.1, 0.15) is 6.73 Å². The van der Waals surface area contributed by atoms with Crippen LogP contribution in [0.15, 0.2) is 0 Å². The molecule has 0 aliphatic carbocycles. The van der Waals surface area contributed by atoms with E-state index in [1.807, 2.05) is 0 Å². The normalized spacial score (nSPS) is 24.0. The van der Waals surface area contributed by atoms with Crippen molar-refractivity contribution in [2.24, 2.45) is 0 Å². The topological polar surface area (TPSA) is 75.8 Å². The van der Waals surface area contributed by atoms with Gasteiger partial charge in [0.2, 0.25) is 0 Å². The molecular formula is C11H26N4O3. The highest BCUT2D eigenvalue weighted by Gasteiger charge is 1.93. The minimum absolute atomic E-state index is 0.515. The van der Waals surface area contributed by atoms with E-state index >= 15 is 0 Å². The zero-order valence-electron chi connectivity index (χ0n) is 11.0. The van der Waals surface area contributed by atoms with Gasteiger partial charge in [-0.05, 0) is 0 Å². The molecule has 1 rings (SSSR count). The molecule has 1 fully saturated rings. The lowest BCUT2D eigenvalue weighted by Crippen LogP contribution is -2.39. The monoisotopic (exact) mass is 262 g/mol. The first-order valence-electron chi connectivity index (χ1n) is 6.60. The Hall–Kier alpha value is -0.280. The van der Waals surface area contributed by atoms with E-state index in [2.05, 4.69) is 21.5 Å². The van der Waals surface area contributed by atoms with E-state index in [1.165, 1.54) is 0 Å². The summed E-state index contributed by atoms with van der Waals surface area (Å²) >= 11 is 0. The number of ether oxygens (including phenoxy) is 3. The molecule has 0 amide bonds. The summed E-state index contributed by atoms with van der Waals surface area (Å²) in [6.07, 6.45) is 0. The van der Waals surface area contributed by atoms with Crippen LogP contribution in [0.2, 0.25) is 0 Å². The summed E-state index contributed by atoms with van der Waals surface area (Å²) in [5, 5.41) is 6.51. The molecule has 1 heterocycles. The van der Waals surface area contributed by atoms with Crippen LogP contribution in [0.1, 0.15) is 0 Å². The van der Waals surface area contributed by atoms with E-state index in [1.54, 1.807) is 0 Å². The van der Waals surface area contributed by atoms with Gasteiger partial charge in [-0.15, -0.1) is 0 Å². The van der Waals surface area contributed by atoms with E-state index in [9.17, 15) is 0 Å². The number of nitrogens with one attached hydrogen (secondary N) is 4. The van der Waals surface area contributed by atoms with Crippen molar-refractivity contribution in [2.75, 3.05) is 72.5 Å². The molecule has 0 aromatic rings. The van der Waals surface area contributed by atoms with Crippen molar-refractivity contribution in [3.8, 4) is 0 Å². The zero-order chi connectivity index (χ0) is 12.7. The third-order valence-electron chi connectivity index (χ3n) is 2.37. The number of hydrogen-bond donors (Lipinski definition) is 4. The second kappa shape index (κ2) is 13.2. The van der Waals surface area contributed by atoms with E-state index in [4.69, 9.17) is 14.2 Å². The fourth-order valence-electron chi connectivity index (χ4n) is 1.42. The van der Waals surface area contributed by atoms with E-state index in [0.717, 1.165) is 39.3 Å². The van der Waals surface area contributed by atoms with Crippen LogP contribution in [0.5, 0.6) is 0 Å². The Morgan fingerprint density at radius 2 is 1.11 bits per heavy atom. The van der Waals surface area contributed by atoms with Gasteiger partial charge in [0.05, 0.1) is 33.0 Å². The predicted octanol–water partition coefficient (Wildman–Crippen LogP) is -1.72. The highest BCUT2D eigenvalue weighted by molar-refractivity contribution is 4.49. The average Bonchev–Trinajstić information content (AvgIpc) is 2.39. The minimum atomic E-state index is 0.515. The smallest absolute Gasteiger partial charge is 0.109 e. The van der Waals surface area contributed by atoms with E-state index < -0.39 is 0 Å². The van der Waals surface area contributed by atoms with E-state index in [0.29, 0.717) is 33.2 Å². The molecule has 4 N–H and O–H groups in total. The van der Waals surface area contributed by atoms with Crippen molar-refractivity contribution < 1.29 is 14.2 Å². The molecule has 0 spiro atoms. The summed E-state index contributed by atoms with van der Waals surface area (Å²) in [4.78, 5) is 0. The van der Waals surface area contributed by atoms with Crippen LogP contribution in [0, 0.1) is 0 Å². The molecule has 1 aliphatic heterocycles. The summed E-state index contributed by atoms with van der Waals surface area (Å²) in [7, 11) is 0. The number of hydrazine groups is 1. The molecule has 0 radical (unpaired) electrons.